The average Bonchev–Trinajstić information content (AvgIpc) is 3.70. The van der Waals surface area contributed by atoms with E-state index in [0.717, 1.165) is 22.2 Å². The summed E-state index contributed by atoms with van der Waals surface area (Å²) < 4.78 is 8.59. The lowest BCUT2D eigenvalue weighted by molar-refractivity contribution is 0.669. The van der Waals surface area contributed by atoms with Crippen molar-refractivity contribution in [3.05, 3.63) is 176 Å². The van der Waals surface area contributed by atoms with Gasteiger partial charge >= 0.3 is 0 Å². The molecule has 0 fully saturated rings. The zero-order valence-corrected chi connectivity index (χ0v) is 26.1. The summed E-state index contributed by atoms with van der Waals surface area (Å²) in [6.07, 6.45) is 0. The second-order valence-corrected chi connectivity index (χ2v) is 12.6. The van der Waals surface area contributed by atoms with Gasteiger partial charge in [0.05, 0.1) is 11.0 Å². The molecule has 8 aromatic carbocycles. The summed E-state index contributed by atoms with van der Waals surface area (Å²) in [5, 5.41) is 7.24. The van der Waals surface area contributed by atoms with E-state index in [0.29, 0.717) is 0 Å². The Hall–Kier alpha value is -6.38. The molecule has 0 aliphatic rings. The standard InChI is InChI=1S/C46H29NO/c1-2-10-30(11-3-1)31-12-8-13-32(26-31)35-23-25-43-41(29-35)39-14-4-6-17-42(39)47(43)37-24-22-33-27-36(21-20-34(33)28-37)38-16-9-19-45-46(38)40-15-5-7-18-44(40)48-45/h1-29H. The van der Waals surface area contributed by atoms with E-state index in [-0.39, 0.29) is 0 Å². The highest BCUT2D eigenvalue weighted by Gasteiger charge is 2.15. The molecule has 0 atom stereocenters. The molecule has 0 unspecified atom stereocenters. The van der Waals surface area contributed by atoms with Crippen LogP contribution in [0.25, 0.3) is 93.6 Å². The highest BCUT2D eigenvalue weighted by Crippen LogP contribution is 2.39. The van der Waals surface area contributed by atoms with Crippen LogP contribution < -0.4 is 0 Å². The Labute approximate surface area is 277 Å². The van der Waals surface area contributed by atoms with E-state index in [1.807, 2.05) is 12.1 Å². The zero-order valence-electron chi connectivity index (χ0n) is 26.1. The van der Waals surface area contributed by atoms with Gasteiger partial charge in [0, 0.05) is 27.2 Å². The van der Waals surface area contributed by atoms with E-state index >= 15 is 0 Å². The van der Waals surface area contributed by atoms with Crippen molar-refractivity contribution >= 4 is 54.5 Å². The second-order valence-electron chi connectivity index (χ2n) is 12.6. The van der Waals surface area contributed by atoms with Gasteiger partial charge in [0.15, 0.2) is 0 Å². The van der Waals surface area contributed by atoms with E-state index in [2.05, 4.69) is 168 Å². The van der Waals surface area contributed by atoms with Gasteiger partial charge < -0.3 is 8.98 Å². The Morgan fingerprint density at radius 2 is 1.00 bits per heavy atom. The molecule has 2 aromatic heterocycles. The topological polar surface area (TPSA) is 18.1 Å². The van der Waals surface area contributed by atoms with E-state index in [9.17, 15) is 0 Å². The van der Waals surface area contributed by atoms with Crippen LogP contribution in [-0.2, 0) is 0 Å². The number of fused-ring (bicyclic) bond motifs is 7. The minimum atomic E-state index is 0.919. The Morgan fingerprint density at radius 1 is 0.354 bits per heavy atom. The molecular formula is C46H29NO. The van der Waals surface area contributed by atoms with Crippen LogP contribution in [-0.4, -0.2) is 4.57 Å². The summed E-state index contributed by atoms with van der Waals surface area (Å²) in [5.41, 5.74) is 12.7. The molecule has 2 nitrogen and oxygen atoms in total. The summed E-state index contributed by atoms with van der Waals surface area (Å²) in [4.78, 5) is 0. The Bertz CT molecular complexity index is 2840. The molecule has 48 heavy (non-hydrogen) atoms. The quantitative estimate of drug-likeness (QED) is 0.194. The lowest BCUT2D eigenvalue weighted by Crippen LogP contribution is -1.94. The molecule has 0 saturated heterocycles. The molecule has 0 aliphatic carbocycles. The van der Waals surface area contributed by atoms with Crippen LogP contribution in [0.2, 0.25) is 0 Å². The first-order valence-corrected chi connectivity index (χ1v) is 16.4. The van der Waals surface area contributed by atoms with Gasteiger partial charge in [-0.15, -0.1) is 0 Å². The van der Waals surface area contributed by atoms with Gasteiger partial charge in [0.25, 0.3) is 0 Å². The third kappa shape index (κ3) is 4.20. The first kappa shape index (κ1) is 26.8. The monoisotopic (exact) mass is 611 g/mol. The van der Waals surface area contributed by atoms with Gasteiger partial charge in [0.1, 0.15) is 11.2 Å². The first-order chi connectivity index (χ1) is 23.8. The van der Waals surface area contributed by atoms with Crippen molar-refractivity contribution < 1.29 is 4.42 Å². The maximum Gasteiger partial charge on any atom is 0.136 e. The molecule has 0 N–H and O–H groups in total. The average molecular weight is 612 g/mol. The maximum atomic E-state index is 6.18. The number of hydrogen-bond acceptors (Lipinski definition) is 1. The summed E-state index contributed by atoms with van der Waals surface area (Å²) in [6.45, 7) is 0. The summed E-state index contributed by atoms with van der Waals surface area (Å²) in [6, 6.07) is 63.3. The smallest absolute Gasteiger partial charge is 0.136 e. The van der Waals surface area contributed by atoms with Crippen LogP contribution in [0, 0.1) is 0 Å². The predicted molar refractivity (Wildman–Crippen MR) is 202 cm³/mol. The fourth-order valence-electron chi connectivity index (χ4n) is 7.49. The maximum absolute atomic E-state index is 6.18. The predicted octanol–water partition coefficient (Wildman–Crippen LogP) is 12.8. The lowest BCUT2D eigenvalue weighted by atomic mass is 9.97. The van der Waals surface area contributed by atoms with Crippen LogP contribution in [0.3, 0.4) is 0 Å². The Kier molecular flexibility index (Phi) is 5.91. The zero-order chi connectivity index (χ0) is 31.6. The number of rotatable bonds is 4. The van der Waals surface area contributed by atoms with Gasteiger partial charge in [0.2, 0.25) is 0 Å². The minimum Gasteiger partial charge on any atom is -0.456 e. The van der Waals surface area contributed by atoms with Crippen molar-refractivity contribution in [1.82, 2.24) is 4.57 Å². The summed E-state index contributed by atoms with van der Waals surface area (Å²) >= 11 is 0. The van der Waals surface area contributed by atoms with Crippen molar-refractivity contribution in [2.24, 2.45) is 0 Å². The molecule has 224 valence electrons. The molecule has 0 saturated carbocycles. The van der Waals surface area contributed by atoms with Crippen LogP contribution in [0.1, 0.15) is 0 Å². The first-order valence-electron chi connectivity index (χ1n) is 16.4. The van der Waals surface area contributed by atoms with E-state index in [1.54, 1.807) is 0 Å². The molecular weight excluding hydrogens is 583 g/mol. The van der Waals surface area contributed by atoms with Crippen LogP contribution in [0.5, 0.6) is 0 Å². The number of nitrogens with zero attached hydrogens (tertiary/aromatic N) is 1. The van der Waals surface area contributed by atoms with Crippen molar-refractivity contribution in [2.75, 3.05) is 0 Å². The largest absolute Gasteiger partial charge is 0.456 e. The van der Waals surface area contributed by atoms with Crippen LogP contribution in [0.4, 0.5) is 0 Å². The molecule has 0 spiro atoms. The number of furan rings is 1. The van der Waals surface area contributed by atoms with Gasteiger partial charge in [-0.1, -0.05) is 121 Å². The minimum absolute atomic E-state index is 0.919. The van der Waals surface area contributed by atoms with Crippen LogP contribution >= 0.6 is 0 Å². The molecule has 0 radical (unpaired) electrons. The van der Waals surface area contributed by atoms with Gasteiger partial charge in [-0.25, -0.2) is 0 Å². The number of benzene rings is 8. The molecule has 0 aliphatic heterocycles. The molecule has 0 amide bonds. The summed E-state index contributed by atoms with van der Waals surface area (Å²) in [7, 11) is 0. The van der Waals surface area contributed by atoms with Crippen molar-refractivity contribution in [2.45, 2.75) is 0 Å². The SMILES string of the molecule is c1ccc(-c2cccc(-c3ccc4c(c3)c3ccccc3n4-c3ccc4cc(-c5cccc6oc7ccccc7c56)ccc4c3)c2)cc1. The van der Waals surface area contributed by atoms with E-state index in [4.69, 9.17) is 4.42 Å². The molecule has 0 bridgehead atoms. The van der Waals surface area contributed by atoms with Gasteiger partial charge in [-0.2, -0.15) is 0 Å². The molecule has 10 aromatic rings. The third-order valence-electron chi connectivity index (χ3n) is 9.77. The fourth-order valence-corrected chi connectivity index (χ4v) is 7.49. The van der Waals surface area contributed by atoms with Crippen molar-refractivity contribution in [3.8, 4) is 39.1 Å². The highest BCUT2D eigenvalue weighted by molar-refractivity contribution is 6.13. The van der Waals surface area contributed by atoms with Gasteiger partial charge in [-0.05, 0) is 98.8 Å². The molecule has 2 heterocycles. The van der Waals surface area contributed by atoms with Crippen LogP contribution in [0.15, 0.2) is 180 Å². The van der Waals surface area contributed by atoms with Crippen molar-refractivity contribution in [3.63, 3.8) is 0 Å². The summed E-state index contributed by atoms with van der Waals surface area (Å²) in [5.74, 6) is 0. The Balaban J connectivity index is 1.09. The number of para-hydroxylation sites is 2. The lowest BCUT2D eigenvalue weighted by Gasteiger charge is -2.11. The third-order valence-corrected chi connectivity index (χ3v) is 9.77. The van der Waals surface area contributed by atoms with Gasteiger partial charge in [-0.3, -0.25) is 0 Å². The number of hydrogen-bond donors (Lipinski definition) is 0. The second kappa shape index (κ2) is 10.6. The normalized spacial score (nSPS) is 11.8. The number of aromatic nitrogens is 1. The highest BCUT2D eigenvalue weighted by atomic mass is 16.3. The Morgan fingerprint density at radius 3 is 1.92 bits per heavy atom. The molecule has 10 rings (SSSR count). The van der Waals surface area contributed by atoms with E-state index in [1.165, 1.54) is 71.3 Å². The van der Waals surface area contributed by atoms with Crippen molar-refractivity contribution in [1.29, 1.82) is 0 Å². The molecule has 2 heteroatoms. The fraction of sp³-hybridized carbons (Fsp3) is 0. The van der Waals surface area contributed by atoms with E-state index < -0.39 is 0 Å².